The predicted octanol–water partition coefficient (Wildman–Crippen LogP) is 2.42. The highest BCUT2D eigenvalue weighted by Crippen LogP contribution is 2.20. The van der Waals surface area contributed by atoms with E-state index in [0.29, 0.717) is 18.0 Å². The minimum atomic E-state index is -0.0549. The normalized spacial score (nSPS) is 11.7. The van der Waals surface area contributed by atoms with Crippen molar-refractivity contribution in [1.82, 2.24) is 15.1 Å². The highest BCUT2D eigenvalue weighted by atomic mass is 35.5. The summed E-state index contributed by atoms with van der Waals surface area (Å²) < 4.78 is 1.73. The lowest BCUT2D eigenvalue weighted by Gasteiger charge is -2.23. The van der Waals surface area contributed by atoms with E-state index in [1.807, 2.05) is 20.9 Å². The molecule has 5 heteroatoms. The van der Waals surface area contributed by atoms with Crippen molar-refractivity contribution in [2.75, 3.05) is 12.4 Å². The van der Waals surface area contributed by atoms with E-state index in [4.69, 9.17) is 11.6 Å². The van der Waals surface area contributed by atoms with Crippen LogP contribution in [0.3, 0.4) is 0 Å². The zero-order chi connectivity index (χ0) is 13.9. The van der Waals surface area contributed by atoms with Gasteiger partial charge in [0.2, 0.25) is 0 Å². The van der Waals surface area contributed by atoms with E-state index < -0.39 is 0 Å². The molecule has 4 nitrogen and oxygen atoms in total. The summed E-state index contributed by atoms with van der Waals surface area (Å²) in [5, 5.41) is 7.22. The van der Waals surface area contributed by atoms with Crippen LogP contribution in [0.25, 0.3) is 0 Å². The molecule has 0 bridgehead atoms. The Morgan fingerprint density at radius 3 is 2.50 bits per heavy atom. The number of carbonyl (C=O) groups is 1. The summed E-state index contributed by atoms with van der Waals surface area (Å²) in [5.74, 6) is 0.550. The number of rotatable bonds is 5. The van der Waals surface area contributed by atoms with Crippen molar-refractivity contribution in [2.45, 2.75) is 34.1 Å². The second-order valence-electron chi connectivity index (χ2n) is 5.46. The average Bonchev–Trinajstić information content (AvgIpc) is 2.50. The van der Waals surface area contributed by atoms with Gasteiger partial charge in [0.1, 0.15) is 0 Å². The smallest absolute Gasteiger partial charge is 0.255 e. The zero-order valence-corrected chi connectivity index (χ0v) is 12.6. The average molecular weight is 272 g/mol. The van der Waals surface area contributed by atoms with Crippen molar-refractivity contribution < 1.29 is 4.79 Å². The molecule has 1 heterocycles. The van der Waals surface area contributed by atoms with Crippen molar-refractivity contribution in [3.05, 3.63) is 17.0 Å². The zero-order valence-electron chi connectivity index (χ0n) is 11.8. The maximum Gasteiger partial charge on any atom is 0.255 e. The quantitative estimate of drug-likeness (QED) is 0.836. The van der Waals surface area contributed by atoms with E-state index in [2.05, 4.69) is 24.3 Å². The van der Waals surface area contributed by atoms with Gasteiger partial charge in [-0.05, 0) is 25.7 Å². The lowest BCUT2D eigenvalue weighted by Crippen LogP contribution is -2.34. The molecule has 0 aliphatic rings. The monoisotopic (exact) mass is 271 g/mol. The predicted molar refractivity (Wildman–Crippen MR) is 74.1 cm³/mol. The first-order valence-corrected chi connectivity index (χ1v) is 6.66. The van der Waals surface area contributed by atoms with E-state index in [0.717, 1.165) is 17.8 Å². The molecular weight excluding hydrogens is 250 g/mol. The number of nitrogens with one attached hydrogen (secondary N) is 1. The van der Waals surface area contributed by atoms with Crippen LogP contribution in [0.15, 0.2) is 0 Å². The molecule has 0 spiro atoms. The van der Waals surface area contributed by atoms with Crippen LogP contribution in [0, 0.1) is 19.3 Å². The summed E-state index contributed by atoms with van der Waals surface area (Å²) >= 11 is 5.75. The van der Waals surface area contributed by atoms with Gasteiger partial charge in [-0.15, -0.1) is 11.6 Å². The highest BCUT2D eigenvalue weighted by molar-refractivity contribution is 6.17. The second-order valence-corrected chi connectivity index (χ2v) is 5.83. The molecule has 18 heavy (non-hydrogen) atoms. The Hall–Kier alpha value is -1.03. The van der Waals surface area contributed by atoms with E-state index in [9.17, 15) is 4.79 Å². The first-order chi connectivity index (χ1) is 8.28. The van der Waals surface area contributed by atoms with Gasteiger partial charge >= 0.3 is 0 Å². The number of aryl methyl sites for hydroxylation is 2. The Kier molecular flexibility index (Phi) is 4.79. The first-order valence-electron chi connectivity index (χ1n) is 6.13. The molecule has 1 aromatic rings. The Bertz CT molecular complexity index is 438. The largest absolute Gasteiger partial charge is 0.351 e. The maximum absolute atomic E-state index is 12.2. The summed E-state index contributed by atoms with van der Waals surface area (Å²) in [4.78, 5) is 12.2. The fraction of sp³-hybridized carbons (Fsp3) is 0.692. The minimum Gasteiger partial charge on any atom is -0.351 e. The topological polar surface area (TPSA) is 46.9 Å². The third-order valence-electron chi connectivity index (χ3n) is 3.23. The summed E-state index contributed by atoms with van der Waals surface area (Å²) in [5.41, 5.74) is 2.35. The molecule has 0 saturated carbocycles. The number of hydrogen-bond acceptors (Lipinski definition) is 2. The van der Waals surface area contributed by atoms with Gasteiger partial charge in [-0.1, -0.05) is 13.8 Å². The Labute approximate surface area is 114 Å². The minimum absolute atomic E-state index is 0.0153. The van der Waals surface area contributed by atoms with Gasteiger partial charge in [0.25, 0.3) is 5.91 Å². The number of aromatic nitrogens is 2. The lowest BCUT2D eigenvalue weighted by atomic mass is 9.90. The van der Waals surface area contributed by atoms with Crippen molar-refractivity contribution in [2.24, 2.45) is 12.5 Å². The molecule has 0 saturated heterocycles. The van der Waals surface area contributed by atoms with Crippen LogP contribution in [0.1, 0.15) is 42.0 Å². The Balaban J connectivity index is 2.72. The molecule has 0 aliphatic heterocycles. The molecule has 0 atom stereocenters. The molecule has 0 aromatic carbocycles. The molecule has 1 amide bonds. The van der Waals surface area contributed by atoms with Crippen LogP contribution in [0.4, 0.5) is 0 Å². The number of amides is 1. The van der Waals surface area contributed by atoms with E-state index in [-0.39, 0.29) is 11.3 Å². The molecule has 1 N–H and O–H groups in total. The lowest BCUT2D eigenvalue weighted by molar-refractivity contribution is 0.0934. The summed E-state index contributed by atoms with van der Waals surface area (Å²) in [7, 11) is 1.84. The van der Waals surface area contributed by atoms with Crippen LogP contribution in [-0.4, -0.2) is 28.1 Å². The SMILES string of the molecule is Cc1nn(C)c(C)c1C(=O)NCC(C)(C)CCCl. The fourth-order valence-corrected chi connectivity index (χ4v) is 2.37. The van der Waals surface area contributed by atoms with Crippen molar-refractivity contribution >= 4 is 17.5 Å². The third-order valence-corrected chi connectivity index (χ3v) is 3.42. The van der Waals surface area contributed by atoms with E-state index in [1.54, 1.807) is 4.68 Å². The Morgan fingerprint density at radius 2 is 2.06 bits per heavy atom. The molecule has 0 radical (unpaired) electrons. The number of carbonyl (C=O) groups excluding carboxylic acids is 1. The molecule has 0 aliphatic carbocycles. The van der Waals surface area contributed by atoms with Gasteiger partial charge in [-0.25, -0.2) is 0 Å². The highest BCUT2D eigenvalue weighted by Gasteiger charge is 2.21. The number of halogens is 1. The van der Waals surface area contributed by atoms with Crippen molar-refractivity contribution in [3.63, 3.8) is 0 Å². The van der Waals surface area contributed by atoms with Gasteiger partial charge in [0.15, 0.2) is 0 Å². The number of hydrogen-bond donors (Lipinski definition) is 1. The van der Waals surface area contributed by atoms with E-state index in [1.165, 1.54) is 0 Å². The van der Waals surface area contributed by atoms with Gasteiger partial charge < -0.3 is 5.32 Å². The number of alkyl halides is 1. The fourth-order valence-electron chi connectivity index (χ4n) is 1.85. The molecule has 1 aromatic heterocycles. The standard InChI is InChI=1S/C13H22ClN3O/c1-9-11(10(2)17(5)16-9)12(18)15-8-13(3,4)6-7-14/h6-8H2,1-5H3,(H,15,18). The van der Waals surface area contributed by atoms with Gasteiger partial charge in [-0.2, -0.15) is 5.10 Å². The van der Waals surface area contributed by atoms with Gasteiger partial charge in [0, 0.05) is 25.2 Å². The van der Waals surface area contributed by atoms with Crippen LogP contribution in [-0.2, 0) is 7.05 Å². The molecular formula is C13H22ClN3O. The summed E-state index contributed by atoms with van der Waals surface area (Å²) in [6.07, 6.45) is 0.875. The number of nitrogens with zero attached hydrogens (tertiary/aromatic N) is 2. The van der Waals surface area contributed by atoms with Gasteiger partial charge in [0.05, 0.1) is 11.3 Å². The van der Waals surface area contributed by atoms with Gasteiger partial charge in [-0.3, -0.25) is 9.48 Å². The second kappa shape index (κ2) is 5.74. The van der Waals surface area contributed by atoms with Crippen LogP contribution in [0.5, 0.6) is 0 Å². The van der Waals surface area contributed by atoms with Crippen LogP contribution in [0.2, 0.25) is 0 Å². The van der Waals surface area contributed by atoms with Crippen LogP contribution >= 0.6 is 11.6 Å². The maximum atomic E-state index is 12.2. The molecule has 0 fully saturated rings. The molecule has 0 unspecified atom stereocenters. The van der Waals surface area contributed by atoms with Crippen LogP contribution < -0.4 is 5.32 Å². The Morgan fingerprint density at radius 1 is 1.44 bits per heavy atom. The van der Waals surface area contributed by atoms with Crippen molar-refractivity contribution in [3.8, 4) is 0 Å². The summed E-state index contributed by atoms with van der Waals surface area (Å²) in [6, 6.07) is 0. The molecule has 102 valence electrons. The van der Waals surface area contributed by atoms with E-state index >= 15 is 0 Å². The third kappa shape index (κ3) is 3.48. The molecule has 1 rings (SSSR count). The van der Waals surface area contributed by atoms with Crippen molar-refractivity contribution in [1.29, 1.82) is 0 Å². The summed E-state index contributed by atoms with van der Waals surface area (Å²) in [6.45, 7) is 8.56. The first kappa shape index (κ1) is 15.0.